The van der Waals surface area contributed by atoms with E-state index in [-0.39, 0.29) is 18.2 Å². The van der Waals surface area contributed by atoms with Gasteiger partial charge in [-0.25, -0.2) is 4.98 Å². The van der Waals surface area contributed by atoms with Crippen molar-refractivity contribution in [2.24, 2.45) is 0 Å². The minimum atomic E-state index is -4.75. The lowest BCUT2D eigenvalue weighted by atomic mass is 10.2. The predicted molar refractivity (Wildman–Crippen MR) is 79.8 cm³/mol. The van der Waals surface area contributed by atoms with E-state index >= 15 is 0 Å². The molecule has 0 fully saturated rings. The Bertz CT molecular complexity index is 673. The molecule has 1 aromatic carbocycles. The van der Waals surface area contributed by atoms with Gasteiger partial charge in [0.15, 0.2) is 0 Å². The van der Waals surface area contributed by atoms with Crippen LogP contribution in [0.1, 0.15) is 10.4 Å². The second-order valence-corrected chi connectivity index (χ2v) is 4.66. The summed E-state index contributed by atoms with van der Waals surface area (Å²) in [5.41, 5.74) is 0.402. The quantitative estimate of drug-likeness (QED) is 0.703. The lowest BCUT2D eigenvalue weighted by Crippen LogP contribution is -2.28. The Balaban J connectivity index is 1.74. The SMILES string of the molecule is O=C(NCCNc1ccc(OC(F)(F)F)cn1)c1ccc(O)cc1. The number of hydrogen-bond acceptors (Lipinski definition) is 5. The Morgan fingerprint density at radius 1 is 1.12 bits per heavy atom. The number of aromatic hydroxyl groups is 1. The van der Waals surface area contributed by atoms with E-state index < -0.39 is 12.1 Å². The second-order valence-electron chi connectivity index (χ2n) is 4.66. The topological polar surface area (TPSA) is 83.5 Å². The van der Waals surface area contributed by atoms with E-state index in [4.69, 9.17) is 5.11 Å². The smallest absolute Gasteiger partial charge is 0.508 e. The first-order valence-corrected chi connectivity index (χ1v) is 6.86. The van der Waals surface area contributed by atoms with Crippen LogP contribution in [0.25, 0.3) is 0 Å². The molecule has 9 heteroatoms. The van der Waals surface area contributed by atoms with E-state index in [0.29, 0.717) is 17.9 Å². The van der Waals surface area contributed by atoms with Crippen molar-refractivity contribution in [3.05, 3.63) is 48.2 Å². The minimum Gasteiger partial charge on any atom is -0.508 e. The highest BCUT2D eigenvalue weighted by Gasteiger charge is 2.31. The lowest BCUT2D eigenvalue weighted by molar-refractivity contribution is -0.274. The number of rotatable bonds is 6. The Labute approximate surface area is 135 Å². The molecule has 24 heavy (non-hydrogen) atoms. The van der Waals surface area contributed by atoms with Gasteiger partial charge in [0, 0.05) is 18.7 Å². The van der Waals surface area contributed by atoms with Crippen LogP contribution in [-0.4, -0.2) is 35.4 Å². The van der Waals surface area contributed by atoms with Crippen molar-refractivity contribution in [2.75, 3.05) is 18.4 Å². The fraction of sp³-hybridized carbons (Fsp3) is 0.200. The summed E-state index contributed by atoms with van der Waals surface area (Å²) < 4.78 is 39.7. The summed E-state index contributed by atoms with van der Waals surface area (Å²) in [4.78, 5) is 15.6. The van der Waals surface area contributed by atoms with Gasteiger partial charge >= 0.3 is 6.36 Å². The van der Waals surface area contributed by atoms with E-state index in [2.05, 4.69) is 20.4 Å². The van der Waals surface area contributed by atoms with E-state index in [1.165, 1.54) is 30.3 Å². The first-order chi connectivity index (χ1) is 11.3. The first kappa shape index (κ1) is 17.4. The number of aromatic nitrogens is 1. The van der Waals surface area contributed by atoms with Gasteiger partial charge in [-0.1, -0.05) is 0 Å². The summed E-state index contributed by atoms with van der Waals surface area (Å²) in [7, 11) is 0. The van der Waals surface area contributed by atoms with Crippen LogP contribution in [-0.2, 0) is 0 Å². The molecule has 0 atom stereocenters. The van der Waals surface area contributed by atoms with Crippen molar-refractivity contribution in [3.63, 3.8) is 0 Å². The molecule has 1 amide bonds. The van der Waals surface area contributed by atoms with Crippen LogP contribution in [0.3, 0.4) is 0 Å². The van der Waals surface area contributed by atoms with Crippen molar-refractivity contribution >= 4 is 11.7 Å². The Morgan fingerprint density at radius 3 is 2.42 bits per heavy atom. The molecule has 0 aliphatic carbocycles. The monoisotopic (exact) mass is 341 g/mol. The van der Waals surface area contributed by atoms with Gasteiger partial charge in [-0.3, -0.25) is 4.79 Å². The van der Waals surface area contributed by atoms with Crippen LogP contribution in [0.4, 0.5) is 19.0 Å². The summed E-state index contributed by atoms with van der Waals surface area (Å²) in [5, 5.41) is 14.6. The first-order valence-electron chi connectivity index (χ1n) is 6.86. The summed E-state index contributed by atoms with van der Waals surface area (Å²) >= 11 is 0. The number of alkyl halides is 3. The number of amides is 1. The average molecular weight is 341 g/mol. The standard InChI is InChI=1S/C15H14F3N3O3/c16-15(17,18)24-12-5-6-13(21-9-12)19-7-8-20-14(23)10-1-3-11(22)4-2-10/h1-6,9,22H,7-8H2,(H,19,21)(H,20,23). The van der Waals surface area contributed by atoms with Gasteiger partial charge in [-0.2, -0.15) is 0 Å². The summed E-state index contributed by atoms with van der Waals surface area (Å²) in [6.45, 7) is 0.610. The van der Waals surface area contributed by atoms with E-state index in [0.717, 1.165) is 12.3 Å². The van der Waals surface area contributed by atoms with Crippen LogP contribution in [0.5, 0.6) is 11.5 Å². The lowest BCUT2D eigenvalue weighted by Gasteiger charge is -2.10. The molecule has 0 aliphatic heterocycles. The zero-order valence-electron chi connectivity index (χ0n) is 12.3. The molecule has 2 aromatic rings. The normalized spacial score (nSPS) is 11.0. The largest absolute Gasteiger partial charge is 0.573 e. The third-order valence-electron chi connectivity index (χ3n) is 2.82. The minimum absolute atomic E-state index is 0.0669. The molecule has 1 heterocycles. The molecule has 0 bridgehead atoms. The highest BCUT2D eigenvalue weighted by Crippen LogP contribution is 2.22. The summed E-state index contributed by atoms with van der Waals surface area (Å²) in [6, 6.07) is 8.25. The molecule has 128 valence electrons. The molecular formula is C15H14F3N3O3. The van der Waals surface area contributed by atoms with Gasteiger partial charge in [-0.05, 0) is 36.4 Å². The molecular weight excluding hydrogens is 327 g/mol. The number of pyridine rings is 1. The second kappa shape index (κ2) is 7.53. The number of phenols is 1. The van der Waals surface area contributed by atoms with Crippen molar-refractivity contribution in [2.45, 2.75) is 6.36 Å². The number of carbonyl (C=O) groups is 1. The molecule has 0 aliphatic rings. The predicted octanol–water partition coefficient (Wildman–Crippen LogP) is 2.53. The zero-order chi connectivity index (χ0) is 17.6. The van der Waals surface area contributed by atoms with Gasteiger partial charge in [0.25, 0.3) is 5.91 Å². The Hall–Kier alpha value is -2.97. The maximum Gasteiger partial charge on any atom is 0.573 e. The van der Waals surface area contributed by atoms with Crippen molar-refractivity contribution < 1.29 is 27.8 Å². The average Bonchev–Trinajstić information content (AvgIpc) is 2.52. The molecule has 3 N–H and O–H groups in total. The Kier molecular flexibility index (Phi) is 5.46. The van der Waals surface area contributed by atoms with Crippen LogP contribution in [0.15, 0.2) is 42.6 Å². The van der Waals surface area contributed by atoms with Crippen LogP contribution in [0.2, 0.25) is 0 Å². The van der Waals surface area contributed by atoms with Gasteiger partial charge in [0.1, 0.15) is 17.3 Å². The number of halogens is 3. The zero-order valence-corrected chi connectivity index (χ0v) is 12.3. The van der Waals surface area contributed by atoms with Crippen molar-refractivity contribution in [3.8, 4) is 11.5 Å². The number of hydrogen-bond donors (Lipinski definition) is 3. The van der Waals surface area contributed by atoms with Gasteiger partial charge in [0.2, 0.25) is 0 Å². The maximum atomic E-state index is 12.0. The van der Waals surface area contributed by atoms with Crippen LogP contribution < -0.4 is 15.4 Å². The molecule has 0 saturated heterocycles. The molecule has 2 rings (SSSR count). The number of ether oxygens (including phenoxy) is 1. The molecule has 0 saturated carbocycles. The number of carbonyl (C=O) groups excluding carboxylic acids is 1. The molecule has 0 radical (unpaired) electrons. The fourth-order valence-electron chi connectivity index (χ4n) is 1.76. The van der Waals surface area contributed by atoms with Crippen molar-refractivity contribution in [1.82, 2.24) is 10.3 Å². The molecule has 1 aromatic heterocycles. The maximum absolute atomic E-state index is 12.0. The highest BCUT2D eigenvalue weighted by atomic mass is 19.4. The molecule has 6 nitrogen and oxygen atoms in total. The third kappa shape index (κ3) is 5.67. The number of nitrogens with one attached hydrogen (secondary N) is 2. The van der Waals surface area contributed by atoms with Crippen LogP contribution in [0, 0.1) is 0 Å². The Morgan fingerprint density at radius 2 is 1.83 bits per heavy atom. The van der Waals surface area contributed by atoms with Crippen LogP contribution >= 0.6 is 0 Å². The summed E-state index contributed by atoms with van der Waals surface area (Å²) in [6.07, 6.45) is -3.81. The van der Waals surface area contributed by atoms with E-state index in [1.54, 1.807) is 0 Å². The van der Waals surface area contributed by atoms with Gasteiger partial charge in [0.05, 0.1) is 6.20 Å². The van der Waals surface area contributed by atoms with Gasteiger partial charge in [-0.15, -0.1) is 13.2 Å². The van der Waals surface area contributed by atoms with Gasteiger partial charge < -0.3 is 20.5 Å². The summed E-state index contributed by atoms with van der Waals surface area (Å²) in [5.74, 6) is -0.298. The number of anilines is 1. The molecule has 0 unspecified atom stereocenters. The van der Waals surface area contributed by atoms with Crippen molar-refractivity contribution in [1.29, 1.82) is 0 Å². The van der Waals surface area contributed by atoms with E-state index in [9.17, 15) is 18.0 Å². The highest BCUT2D eigenvalue weighted by molar-refractivity contribution is 5.94. The fourth-order valence-corrected chi connectivity index (χ4v) is 1.76. The third-order valence-corrected chi connectivity index (χ3v) is 2.82. The number of nitrogens with zero attached hydrogens (tertiary/aromatic N) is 1. The van der Waals surface area contributed by atoms with E-state index in [1.807, 2.05) is 0 Å². The number of phenolic OH excluding ortho intramolecular Hbond substituents is 1. The number of benzene rings is 1. The molecule has 0 spiro atoms.